The number of rotatable bonds is 4. The lowest BCUT2D eigenvalue weighted by molar-refractivity contribution is 0.738. The van der Waals surface area contributed by atoms with Gasteiger partial charge in [0, 0.05) is 36.3 Å². The lowest BCUT2D eigenvalue weighted by Gasteiger charge is -2.06. The van der Waals surface area contributed by atoms with E-state index < -0.39 is 0 Å². The summed E-state index contributed by atoms with van der Waals surface area (Å²) in [6.45, 7) is 0.945. The van der Waals surface area contributed by atoms with Gasteiger partial charge >= 0.3 is 0 Å². The number of nitrogens with zero attached hydrogens (tertiary/aromatic N) is 2. The van der Waals surface area contributed by atoms with Gasteiger partial charge in [0.1, 0.15) is 0 Å². The van der Waals surface area contributed by atoms with E-state index in [-0.39, 0.29) is 0 Å². The molecule has 1 N–H and O–H groups in total. The highest BCUT2D eigenvalue weighted by Crippen LogP contribution is 2.23. The van der Waals surface area contributed by atoms with Crippen LogP contribution >= 0.6 is 11.6 Å². The predicted molar refractivity (Wildman–Crippen MR) is 71.3 cm³/mol. The zero-order chi connectivity index (χ0) is 12.3. The first kappa shape index (κ1) is 12.1. The Bertz CT molecular complexity index is 488. The maximum atomic E-state index is 5.89. The van der Waals surface area contributed by atoms with Crippen molar-refractivity contribution in [2.24, 2.45) is 7.05 Å². The van der Waals surface area contributed by atoms with E-state index in [0.717, 1.165) is 29.2 Å². The van der Waals surface area contributed by atoms with Crippen molar-refractivity contribution >= 4 is 11.6 Å². The summed E-state index contributed by atoms with van der Waals surface area (Å²) in [4.78, 5) is 4.46. The number of halogens is 1. The number of imidazole rings is 1. The van der Waals surface area contributed by atoms with E-state index in [9.17, 15) is 0 Å². The number of benzene rings is 1. The van der Waals surface area contributed by atoms with Gasteiger partial charge in [-0.05, 0) is 19.2 Å². The Morgan fingerprint density at radius 2 is 2.00 bits per heavy atom. The van der Waals surface area contributed by atoms with Crippen LogP contribution in [0.4, 0.5) is 0 Å². The Hall–Kier alpha value is -1.32. The fourth-order valence-electron chi connectivity index (χ4n) is 1.84. The zero-order valence-electron chi connectivity index (χ0n) is 10.1. The van der Waals surface area contributed by atoms with E-state index in [4.69, 9.17) is 11.6 Å². The molecule has 0 saturated heterocycles. The molecule has 0 saturated carbocycles. The van der Waals surface area contributed by atoms with E-state index in [1.165, 1.54) is 5.69 Å². The number of aryl methyl sites for hydroxylation is 1. The third-order valence-electron chi connectivity index (χ3n) is 2.79. The smallest absolute Gasteiger partial charge is 0.0953 e. The van der Waals surface area contributed by atoms with Crippen LogP contribution in [0.15, 0.2) is 30.6 Å². The minimum atomic E-state index is 0.751. The summed E-state index contributed by atoms with van der Waals surface area (Å²) in [5.74, 6) is 0. The minimum absolute atomic E-state index is 0.751. The summed E-state index contributed by atoms with van der Waals surface area (Å²) in [5, 5.41) is 3.91. The van der Waals surface area contributed by atoms with Crippen molar-refractivity contribution in [2.75, 3.05) is 13.6 Å². The first-order valence-corrected chi connectivity index (χ1v) is 6.01. The molecule has 1 heterocycles. The van der Waals surface area contributed by atoms with Gasteiger partial charge in [0.05, 0.1) is 12.0 Å². The molecule has 0 bridgehead atoms. The van der Waals surface area contributed by atoms with Crippen LogP contribution in [0, 0.1) is 0 Å². The van der Waals surface area contributed by atoms with E-state index in [2.05, 4.69) is 14.9 Å². The van der Waals surface area contributed by atoms with Gasteiger partial charge in [-0.2, -0.15) is 0 Å². The molecule has 0 amide bonds. The number of likely N-dealkylation sites (N-methyl/N-ethyl adjacent to an activating group) is 1. The Balaban J connectivity index is 2.34. The molecule has 0 radical (unpaired) electrons. The highest BCUT2D eigenvalue weighted by atomic mass is 35.5. The van der Waals surface area contributed by atoms with Crippen molar-refractivity contribution in [3.8, 4) is 11.3 Å². The van der Waals surface area contributed by atoms with Crippen molar-refractivity contribution in [3.05, 3.63) is 41.3 Å². The molecule has 1 aromatic heterocycles. The second-order valence-electron chi connectivity index (χ2n) is 4.01. The Morgan fingerprint density at radius 3 is 2.65 bits per heavy atom. The van der Waals surface area contributed by atoms with Crippen LogP contribution in [0.3, 0.4) is 0 Å². The Morgan fingerprint density at radius 1 is 1.29 bits per heavy atom. The van der Waals surface area contributed by atoms with Crippen LogP contribution in [0.2, 0.25) is 5.02 Å². The zero-order valence-corrected chi connectivity index (χ0v) is 10.8. The molecule has 2 rings (SSSR count). The topological polar surface area (TPSA) is 29.9 Å². The Labute approximate surface area is 106 Å². The molecule has 0 aliphatic heterocycles. The molecule has 0 spiro atoms. The lowest BCUT2D eigenvalue weighted by Crippen LogP contribution is -2.12. The van der Waals surface area contributed by atoms with Crippen molar-refractivity contribution in [3.63, 3.8) is 0 Å². The molecule has 2 aromatic rings. The van der Waals surface area contributed by atoms with Crippen LogP contribution in [0.25, 0.3) is 11.3 Å². The van der Waals surface area contributed by atoms with E-state index in [0.29, 0.717) is 0 Å². The summed E-state index contributed by atoms with van der Waals surface area (Å²) < 4.78 is 2.07. The van der Waals surface area contributed by atoms with Crippen LogP contribution in [-0.4, -0.2) is 23.1 Å². The van der Waals surface area contributed by atoms with Crippen LogP contribution in [0.1, 0.15) is 5.69 Å². The summed E-state index contributed by atoms with van der Waals surface area (Å²) >= 11 is 5.89. The number of hydrogen-bond acceptors (Lipinski definition) is 2. The monoisotopic (exact) mass is 249 g/mol. The van der Waals surface area contributed by atoms with Gasteiger partial charge in [0.15, 0.2) is 0 Å². The average molecular weight is 250 g/mol. The van der Waals surface area contributed by atoms with Gasteiger partial charge in [-0.25, -0.2) is 4.98 Å². The highest BCUT2D eigenvalue weighted by Gasteiger charge is 2.10. The largest absolute Gasteiger partial charge is 0.337 e. The van der Waals surface area contributed by atoms with Crippen LogP contribution in [-0.2, 0) is 13.5 Å². The summed E-state index contributed by atoms with van der Waals surface area (Å²) in [6, 6.07) is 7.81. The molecule has 0 aliphatic carbocycles. The molecule has 17 heavy (non-hydrogen) atoms. The second-order valence-corrected chi connectivity index (χ2v) is 4.45. The normalized spacial score (nSPS) is 10.8. The van der Waals surface area contributed by atoms with Gasteiger partial charge in [-0.15, -0.1) is 0 Å². The molecule has 4 heteroatoms. The second kappa shape index (κ2) is 5.34. The lowest BCUT2D eigenvalue weighted by atomic mass is 10.1. The highest BCUT2D eigenvalue weighted by molar-refractivity contribution is 6.30. The van der Waals surface area contributed by atoms with Gasteiger partial charge in [0.2, 0.25) is 0 Å². The molecule has 0 atom stereocenters. The molecule has 0 aliphatic rings. The van der Waals surface area contributed by atoms with E-state index in [1.54, 1.807) is 0 Å². The number of hydrogen-bond donors (Lipinski definition) is 1. The predicted octanol–water partition coefficient (Wildman–Crippen LogP) is 2.50. The van der Waals surface area contributed by atoms with Gasteiger partial charge < -0.3 is 9.88 Å². The average Bonchev–Trinajstić information content (AvgIpc) is 2.69. The first-order chi connectivity index (χ1) is 8.22. The van der Waals surface area contributed by atoms with Crippen LogP contribution < -0.4 is 5.32 Å². The van der Waals surface area contributed by atoms with Crippen molar-refractivity contribution in [2.45, 2.75) is 6.42 Å². The molecular formula is C13H16ClN3. The summed E-state index contributed by atoms with van der Waals surface area (Å²) in [5.41, 5.74) is 3.39. The van der Waals surface area contributed by atoms with Gasteiger partial charge in [0.25, 0.3) is 0 Å². The number of nitrogens with one attached hydrogen (secondary N) is 1. The van der Waals surface area contributed by atoms with E-state index >= 15 is 0 Å². The number of aromatic nitrogens is 2. The fraction of sp³-hybridized carbons (Fsp3) is 0.308. The van der Waals surface area contributed by atoms with Gasteiger partial charge in [-0.3, -0.25) is 0 Å². The van der Waals surface area contributed by atoms with Gasteiger partial charge in [-0.1, -0.05) is 23.7 Å². The molecule has 3 nitrogen and oxygen atoms in total. The SMILES string of the molecule is CNCCc1c(-c2ccc(Cl)cc2)ncn1C. The van der Waals surface area contributed by atoms with Crippen molar-refractivity contribution < 1.29 is 0 Å². The first-order valence-electron chi connectivity index (χ1n) is 5.63. The molecule has 90 valence electrons. The molecule has 0 fully saturated rings. The standard InChI is InChI=1S/C13H16ClN3/c1-15-8-7-12-13(16-9-17(12)2)10-3-5-11(14)6-4-10/h3-6,9,15H,7-8H2,1-2H3. The molecule has 0 unspecified atom stereocenters. The maximum absolute atomic E-state index is 5.89. The third kappa shape index (κ3) is 2.68. The maximum Gasteiger partial charge on any atom is 0.0953 e. The quantitative estimate of drug-likeness (QED) is 0.902. The van der Waals surface area contributed by atoms with Crippen molar-refractivity contribution in [1.82, 2.24) is 14.9 Å². The minimum Gasteiger partial charge on any atom is -0.337 e. The summed E-state index contributed by atoms with van der Waals surface area (Å²) in [7, 11) is 3.98. The third-order valence-corrected chi connectivity index (χ3v) is 3.04. The Kier molecular flexibility index (Phi) is 3.82. The fourth-order valence-corrected chi connectivity index (χ4v) is 1.97. The van der Waals surface area contributed by atoms with Crippen molar-refractivity contribution in [1.29, 1.82) is 0 Å². The summed E-state index contributed by atoms with van der Waals surface area (Å²) in [6.07, 6.45) is 2.82. The van der Waals surface area contributed by atoms with Crippen LogP contribution in [0.5, 0.6) is 0 Å². The molecule has 1 aromatic carbocycles. The van der Waals surface area contributed by atoms with E-state index in [1.807, 2.05) is 44.7 Å². The molecular weight excluding hydrogens is 234 g/mol.